The molecule has 0 aliphatic rings. The Kier molecular flexibility index (Phi) is 5.70. The van der Waals surface area contributed by atoms with E-state index in [1.807, 2.05) is 53.9 Å². The first-order valence-electron chi connectivity index (χ1n) is 6.00. The Labute approximate surface area is 130 Å². The Morgan fingerprint density at radius 3 is 2.75 bits per heavy atom. The van der Waals surface area contributed by atoms with Crippen molar-refractivity contribution in [3.8, 4) is 0 Å². The van der Waals surface area contributed by atoms with Crippen molar-refractivity contribution >= 4 is 45.5 Å². The average Bonchev–Trinajstić information content (AvgIpc) is 2.92. The fraction of sp³-hybridized carbons (Fsp3) is 0.0667. The van der Waals surface area contributed by atoms with Crippen molar-refractivity contribution in [2.75, 3.05) is 0 Å². The average molecular weight is 349 g/mol. The molecule has 2 aromatic rings. The summed E-state index contributed by atoms with van der Waals surface area (Å²) in [6, 6.07) is 13.7. The van der Waals surface area contributed by atoms with Crippen LogP contribution in [0.25, 0.3) is 6.08 Å². The van der Waals surface area contributed by atoms with Gasteiger partial charge in [-0.25, -0.2) is 5.43 Å². The molecule has 0 fully saturated rings. The highest BCUT2D eigenvalue weighted by atomic mass is 79.9. The number of allylic oxidation sites excluding steroid dienone is 1. The van der Waals surface area contributed by atoms with E-state index in [0.717, 1.165) is 14.9 Å². The number of thiophene rings is 1. The van der Waals surface area contributed by atoms with Gasteiger partial charge in [0.05, 0.1) is 12.6 Å². The molecular weight excluding hydrogens is 336 g/mol. The number of hydrogen-bond donors (Lipinski definition) is 1. The molecule has 0 radical (unpaired) electrons. The summed E-state index contributed by atoms with van der Waals surface area (Å²) >= 11 is 4.95. The minimum atomic E-state index is -0.122. The van der Waals surface area contributed by atoms with Gasteiger partial charge in [0.1, 0.15) is 0 Å². The van der Waals surface area contributed by atoms with Crippen LogP contribution in [0.1, 0.15) is 10.4 Å². The standard InChI is InChI=1S/C15H13BrN2OS/c16-13(9-12-5-2-1-3-6-12)11-17-18-15(19)10-14-7-4-8-20-14/h1-9,11H,10H2,(H,18,19)/b13-9+,17-11+. The van der Waals surface area contributed by atoms with Crippen LogP contribution in [0.3, 0.4) is 0 Å². The summed E-state index contributed by atoms with van der Waals surface area (Å²) in [5.41, 5.74) is 3.57. The van der Waals surface area contributed by atoms with Crippen LogP contribution in [0.4, 0.5) is 0 Å². The number of nitrogens with one attached hydrogen (secondary N) is 1. The molecule has 0 unspecified atom stereocenters. The third-order valence-electron chi connectivity index (χ3n) is 2.40. The SMILES string of the molecule is O=C(Cc1cccs1)N/N=C/C(Br)=C\c1ccccc1. The lowest BCUT2D eigenvalue weighted by Crippen LogP contribution is -2.19. The topological polar surface area (TPSA) is 41.5 Å². The molecule has 1 aromatic carbocycles. The molecule has 0 atom stereocenters. The van der Waals surface area contributed by atoms with E-state index < -0.39 is 0 Å². The van der Waals surface area contributed by atoms with E-state index in [1.165, 1.54) is 0 Å². The summed E-state index contributed by atoms with van der Waals surface area (Å²) in [6.07, 6.45) is 3.85. The summed E-state index contributed by atoms with van der Waals surface area (Å²) in [7, 11) is 0. The number of benzene rings is 1. The molecule has 102 valence electrons. The zero-order valence-corrected chi connectivity index (χ0v) is 13.0. The van der Waals surface area contributed by atoms with Gasteiger partial charge in [-0.2, -0.15) is 5.10 Å². The van der Waals surface area contributed by atoms with Gasteiger partial charge in [-0.1, -0.05) is 36.4 Å². The molecule has 1 heterocycles. The summed E-state index contributed by atoms with van der Waals surface area (Å²) < 4.78 is 0.792. The fourth-order valence-electron chi connectivity index (χ4n) is 1.52. The maximum Gasteiger partial charge on any atom is 0.245 e. The number of rotatable bonds is 5. The van der Waals surface area contributed by atoms with E-state index in [1.54, 1.807) is 17.6 Å². The number of carbonyl (C=O) groups is 1. The molecule has 20 heavy (non-hydrogen) atoms. The molecular formula is C15H13BrN2OS. The molecule has 2 rings (SSSR count). The van der Waals surface area contributed by atoms with Crippen molar-refractivity contribution in [2.45, 2.75) is 6.42 Å². The molecule has 1 amide bonds. The minimum absolute atomic E-state index is 0.122. The maximum atomic E-state index is 11.6. The zero-order chi connectivity index (χ0) is 14.2. The molecule has 0 spiro atoms. The number of nitrogens with zero attached hydrogens (tertiary/aromatic N) is 1. The monoisotopic (exact) mass is 348 g/mol. The van der Waals surface area contributed by atoms with E-state index in [2.05, 4.69) is 26.5 Å². The van der Waals surface area contributed by atoms with Crippen molar-refractivity contribution in [3.63, 3.8) is 0 Å². The number of halogens is 1. The van der Waals surface area contributed by atoms with E-state index in [9.17, 15) is 4.79 Å². The normalized spacial score (nSPS) is 11.8. The van der Waals surface area contributed by atoms with Crippen LogP contribution in [-0.2, 0) is 11.2 Å². The predicted octanol–water partition coefficient (Wildman–Crippen LogP) is 3.83. The Morgan fingerprint density at radius 2 is 2.05 bits per heavy atom. The van der Waals surface area contributed by atoms with Gasteiger partial charge >= 0.3 is 0 Å². The van der Waals surface area contributed by atoms with E-state index in [0.29, 0.717) is 6.42 Å². The van der Waals surface area contributed by atoms with Crippen LogP contribution < -0.4 is 5.43 Å². The van der Waals surface area contributed by atoms with Crippen LogP contribution in [0.15, 0.2) is 57.4 Å². The minimum Gasteiger partial charge on any atom is -0.273 e. The number of carbonyl (C=O) groups excluding carboxylic acids is 1. The highest BCUT2D eigenvalue weighted by Crippen LogP contribution is 2.10. The maximum absolute atomic E-state index is 11.6. The number of hydrogen-bond acceptors (Lipinski definition) is 3. The van der Waals surface area contributed by atoms with Gasteiger partial charge in [-0.05, 0) is 39.0 Å². The Morgan fingerprint density at radius 1 is 1.25 bits per heavy atom. The number of amides is 1. The van der Waals surface area contributed by atoms with Crippen molar-refractivity contribution in [1.82, 2.24) is 5.43 Å². The first-order valence-corrected chi connectivity index (χ1v) is 7.68. The smallest absolute Gasteiger partial charge is 0.245 e. The lowest BCUT2D eigenvalue weighted by molar-refractivity contribution is -0.120. The molecule has 0 bridgehead atoms. The lowest BCUT2D eigenvalue weighted by atomic mass is 10.2. The highest BCUT2D eigenvalue weighted by Gasteiger charge is 2.01. The van der Waals surface area contributed by atoms with E-state index in [4.69, 9.17) is 0 Å². The van der Waals surface area contributed by atoms with Gasteiger partial charge in [0, 0.05) is 9.36 Å². The van der Waals surface area contributed by atoms with Crippen LogP contribution in [0, 0.1) is 0 Å². The van der Waals surface area contributed by atoms with Crippen LogP contribution >= 0.6 is 27.3 Å². The van der Waals surface area contributed by atoms with Gasteiger partial charge in [-0.3, -0.25) is 4.79 Å². The second kappa shape index (κ2) is 7.77. The Bertz CT molecular complexity index is 606. The molecule has 0 saturated carbocycles. The molecule has 5 heteroatoms. The lowest BCUT2D eigenvalue weighted by Gasteiger charge is -1.97. The molecule has 0 aliphatic carbocycles. The van der Waals surface area contributed by atoms with Gasteiger partial charge in [0.2, 0.25) is 5.91 Å². The highest BCUT2D eigenvalue weighted by molar-refractivity contribution is 9.12. The van der Waals surface area contributed by atoms with Crippen LogP contribution in [0.5, 0.6) is 0 Å². The van der Waals surface area contributed by atoms with Crippen LogP contribution in [0.2, 0.25) is 0 Å². The summed E-state index contributed by atoms with van der Waals surface area (Å²) in [6.45, 7) is 0. The molecule has 1 N–H and O–H groups in total. The predicted molar refractivity (Wildman–Crippen MR) is 88.0 cm³/mol. The Balaban J connectivity index is 1.84. The van der Waals surface area contributed by atoms with Crippen molar-refractivity contribution < 1.29 is 4.79 Å². The molecule has 1 aromatic heterocycles. The first-order chi connectivity index (χ1) is 9.74. The van der Waals surface area contributed by atoms with Crippen molar-refractivity contribution in [2.24, 2.45) is 5.10 Å². The third-order valence-corrected chi connectivity index (χ3v) is 3.71. The zero-order valence-electron chi connectivity index (χ0n) is 10.6. The third kappa shape index (κ3) is 5.11. The van der Waals surface area contributed by atoms with Gasteiger partial charge in [-0.15, -0.1) is 11.3 Å². The van der Waals surface area contributed by atoms with E-state index in [-0.39, 0.29) is 5.91 Å². The largest absolute Gasteiger partial charge is 0.273 e. The fourth-order valence-corrected chi connectivity index (χ4v) is 2.59. The van der Waals surface area contributed by atoms with Gasteiger partial charge < -0.3 is 0 Å². The number of hydrazone groups is 1. The molecule has 3 nitrogen and oxygen atoms in total. The van der Waals surface area contributed by atoms with Crippen LogP contribution in [-0.4, -0.2) is 12.1 Å². The second-order valence-corrected chi connectivity index (χ2v) is 5.94. The second-order valence-electron chi connectivity index (χ2n) is 3.99. The van der Waals surface area contributed by atoms with Gasteiger partial charge in [0.15, 0.2) is 0 Å². The molecule has 0 aliphatic heterocycles. The van der Waals surface area contributed by atoms with Crippen molar-refractivity contribution in [1.29, 1.82) is 0 Å². The summed E-state index contributed by atoms with van der Waals surface area (Å²) in [5, 5.41) is 5.86. The van der Waals surface area contributed by atoms with Gasteiger partial charge in [0.25, 0.3) is 0 Å². The first kappa shape index (κ1) is 14.7. The van der Waals surface area contributed by atoms with Crippen molar-refractivity contribution in [3.05, 3.63) is 62.8 Å². The molecule has 0 saturated heterocycles. The van der Waals surface area contributed by atoms with E-state index >= 15 is 0 Å². The summed E-state index contributed by atoms with van der Waals surface area (Å²) in [4.78, 5) is 12.6. The Hall–Kier alpha value is -1.72. The summed E-state index contributed by atoms with van der Waals surface area (Å²) in [5.74, 6) is -0.122. The quantitative estimate of drug-likeness (QED) is 0.647.